The Labute approximate surface area is 129 Å². The van der Waals surface area contributed by atoms with Crippen LogP contribution in [-0.2, 0) is 0 Å². The standard InChI is InChI=1S/C12H15BrN2S3/c1-6-10(18-5-4-17-6)11-14-9(7-2-3-7)8(13)12(16)15-11/h6-7,10H,2-5H2,1H3,(H,14,15,16). The van der Waals surface area contributed by atoms with E-state index >= 15 is 0 Å². The molecule has 1 N–H and O–H groups in total. The van der Waals surface area contributed by atoms with Crippen LogP contribution in [0.1, 0.15) is 42.5 Å². The van der Waals surface area contributed by atoms with Crippen molar-refractivity contribution in [3.05, 3.63) is 20.6 Å². The minimum absolute atomic E-state index is 0.455. The van der Waals surface area contributed by atoms with Crippen molar-refractivity contribution in [1.29, 1.82) is 0 Å². The smallest absolute Gasteiger partial charge is 0.144 e. The molecular weight excluding hydrogens is 348 g/mol. The number of halogens is 1. The molecule has 0 radical (unpaired) electrons. The highest BCUT2D eigenvalue weighted by molar-refractivity contribution is 9.10. The molecule has 2 atom stereocenters. The Balaban J connectivity index is 1.98. The summed E-state index contributed by atoms with van der Waals surface area (Å²) < 4.78 is 1.72. The van der Waals surface area contributed by atoms with Crippen molar-refractivity contribution in [1.82, 2.24) is 9.97 Å². The van der Waals surface area contributed by atoms with Gasteiger partial charge >= 0.3 is 0 Å². The number of thioether (sulfide) groups is 2. The highest BCUT2D eigenvalue weighted by Crippen LogP contribution is 2.45. The van der Waals surface area contributed by atoms with Crippen LogP contribution in [0.3, 0.4) is 0 Å². The zero-order chi connectivity index (χ0) is 12.7. The quantitative estimate of drug-likeness (QED) is 0.772. The van der Waals surface area contributed by atoms with Crippen LogP contribution < -0.4 is 0 Å². The second kappa shape index (κ2) is 5.46. The Morgan fingerprint density at radius 3 is 2.72 bits per heavy atom. The SMILES string of the molecule is CC1SCCSC1c1nc(=S)c(Br)c(C2CC2)[nH]1. The van der Waals surface area contributed by atoms with E-state index in [2.05, 4.69) is 32.8 Å². The summed E-state index contributed by atoms with van der Waals surface area (Å²) in [5.74, 6) is 4.19. The molecule has 1 saturated carbocycles. The van der Waals surface area contributed by atoms with Crippen LogP contribution in [0, 0.1) is 4.64 Å². The second-order valence-corrected chi connectivity index (χ2v) is 8.71. The van der Waals surface area contributed by atoms with Crippen LogP contribution in [0.4, 0.5) is 0 Å². The van der Waals surface area contributed by atoms with Crippen LogP contribution >= 0.6 is 51.7 Å². The van der Waals surface area contributed by atoms with Gasteiger partial charge in [-0.2, -0.15) is 11.8 Å². The van der Waals surface area contributed by atoms with Crippen LogP contribution in [0.5, 0.6) is 0 Å². The van der Waals surface area contributed by atoms with E-state index in [9.17, 15) is 0 Å². The lowest BCUT2D eigenvalue weighted by Crippen LogP contribution is -2.19. The van der Waals surface area contributed by atoms with Gasteiger partial charge in [0, 0.05) is 28.4 Å². The molecule has 0 aromatic carbocycles. The predicted molar refractivity (Wildman–Crippen MR) is 86.2 cm³/mol. The summed E-state index contributed by atoms with van der Waals surface area (Å²) in [4.78, 5) is 8.15. The molecule has 18 heavy (non-hydrogen) atoms. The molecule has 2 nitrogen and oxygen atoms in total. The summed E-state index contributed by atoms with van der Waals surface area (Å²) in [6.07, 6.45) is 2.55. The van der Waals surface area contributed by atoms with Crippen LogP contribution in [0.2, 0.25) is 0 Å². The molecule has 1 aliphatic heterocycles. The van der Waals surface area contributed by atoms with Gasteiger partial charge in [-0.25, -0.2) is 4.98 Å². The third-order valence-electron chi connectivity index (χ3n) is 3.35. The first-order chi connectivity index (χ1) is 8.66. The van der Waals surface area contributed by atoms with E-state index in [0.29, 0.717) is 21.1 Å². The lowest BCUT2D eigenvalue weighted by Gasteiger charge is -2.27. The molecule has 3 rings (SSSR count). The Hall–Kier alpha value is 0.480. The summed E-state index contributed by atoms with van der Waals surface area (Å²) in [7, 11) is 0. The average molecular weight is 363 g/mol. The molecule has 2 heterocycles. The van der Waals surface area contributed by atoms with Crippen molar-refractivity contribution >= 4 is 51.7 Å². The number of aromatic amines is 1. The molecule has 0 spiro atoms. The fourth-order valence-corrected chi connectivity index (χ4v) is 5.65. The fraction of sp³-hybridized carbons (Fsp3) is 0.667. The van der Waals surface area contributed by atoms with Crippen LogP contribution in [-0.4, -0.2) is 26.7 Å². The fourth-order valence-electron chi connectivity index (χ4n) is 2.22. The lowest BCUT2D eigenvalue weighted by atomic mass is 10.2. The van der Waals surface area contributed by atoms with Gasteiger partial charge in [-0.15, -0.1) is 11.8 Å². The second-order valence-electron chi connectivity index (χ2n) is 4.80. The minimum atomic E-state index is 0.455. The van der Waals surface area contributed by atoms with Gasteiger partial charge in [0.05, 0.1) is 9.72 Å². The van der Waals surface area contributed by atoms with Crippen molar-refractivity contribution in [2.45, 2.75) is 36.2 Å². The average Bonchev–Trinajstić information content (AvgIpc) is 3.17. The third-order valence-corrected chi connectivity index (χ3v) is 7.81. The van der Waals surface area contributed by atoms with Gasteiger partial charge in [0.25, 0.3) is 0 Å². The number of H-pyrrole nitrogens is 1. The summed E-state index contributed by atoms with van der Waals surface area (Å²) in [6, 6.07) is 0. The number of aromatic nitrogens is 2. The lowest BCUT2D eigenvalue weighted by molar-refractivity contribution is 0.794. The number of hydrogen-bond acceptors (Lipinski definition) is 4. The topological polar surface area (TPSA) is 28.7 Å². The van der Waals surface area contributed by atoms with Gasteiger partial charge in [-0.05, 0) is 28.8 Å². The molecule has 6 heteroatoms. The van der Waals surface area contributed by atoms with E-state index in [1.54, 1.807) is 0 Å². The van der Waals surface area contributed by atoms with Crippen molar-refractivity contribution in [3.8, 4) is 0 Å². The molecule has 1 saturated heterocycles. The molecule has 2 unspecified atom stereocenters. The summed E-state index contributed by atoms with van der Waals surface area (Å²) in [6.45, 7) is 2.29. The number of nitrogens with zero attached hydrogens (tertiary/aromatic N) is 1. The normalized spacial score (nSPS) is 28.3. The maximum atomic E-state index is 5.39. The Kier molecular flexibility index (Phi) is 4.09. The molecule has 0 amide bonds. The van der Waals surface area contributed by atoms with Gasteiger partial charge in [-0.3, -0.25) is 0 Å². The monoisotopic (exact) mass is 362 g/mol. The Bertz CT molecular complexity index is 513. The van der Waals surface area contributed by atoms with E-state index in [1.807, 2.05) is 23.5 Å². The summed E-state index contributed by atoms with van der Waals surface area (Å²) in [5, 5.41) is 1.06. The van der Waals surface area contributed by atoms with Crippen molar-refractivity contribution in [3.63, 3.8) is 0 Å². The summed E-state index contributed by atoms with van der Waals surface area (Å²) in [5.41, 5.74) is 1.27. The van der Waals surface area contributed by atoms with E-state index in [-0.39, 0.29) is 0 Å². The maximum absolute atomic E-state index is 5.39. The van der Waals surface area contributed by atoms with E-state index in [4.69, 9.17) is 12.2 Å². The highest BCUT2D eigenvalue weighted by atomic mass is 79.9. The molecule has 1 aromatic heterocycles. The molecule has 1 aliphatic carbocycles. The molecule has 98 valence electrons. The summed E-state index contributed by atoms with van der Waals surface area (Å²) >= 11 is 13.0. The predicted octanol–water partition coefficient (Wildman–Crippen LogP) is 4.69. The molecule has 2 fully saturated rings. The number of hydrogen-bond donors (Lipinski definition) is 1. The molecule has 2 aliphatic rings. The van der Waals surface area contributed by atoms with Gasteiger partial charge in [0.2, 0.25) is 0 Å². The Morgan fingerprint density at radius 2 is 2.06 bits per heavy atom. The van der Waals surface area contributed by atoms with Crippen molar-refractivity contribution in [2.24, 2.45) is 0 Å². The number of nitrogens with one attached hydrogen (secondary N) is 1. The first kappa shape index (κ1) is 13.5. The maximum Gasteiger partial charge on any atom is 0.144 e. The first-order valence-electron chi connectivity index (χ1n) is 6.19. The van der Waals surface area contributed by atoms with Gasteiger partial charge in [0.1, 0.15) is 10.5 Å². The van der Waals surface area contributed by atoms with Gasteiger partial charge in [-0.1, -0.05) is 19.1 Å². The van der Waals surface area contributed by atoms with Crippen LogP contribution in [0.15, 0.2) is 4.47 Å². The van der Waals surface area contributed by atoms with Crippen molar-refractivity contribution < 1.29 is 0 Å². The minimum Gasteiger partial charge on any atom is -0.345 e. The van der Waals surface area contributed by atoms with Gasteiger partial charge < -0.3 is 4.98 Å². The van der Waals surface area contributed by atoms with E-state index in [0.717, 1.165) is 10.3 Å². The van der Waals surface area contributed by atoms with Crippen LogP contribution in [0.25, 0.3) is 0 Å². The van der Waals surface area contributed by atoms with E-state index < -0.39 is 0 Å². The van der Waals surface area contributed by atoms with Gasteiger partial charge in [0.15, 0.2) is 0 Å². The van der Waals surface area contributed by atoms with Crippen molar-refractivity contribution in [2.75, 3.05) is 11.5 Å². The van der Waals surface area contributed by atoms with E-state index in [1.165, 1.54) is 30.0 Å². The highest BCUT2D eigenvalue weighted by Gasteiger charge is 2.31. The number of rotatable bonds is 2. The Morgan fingerprint density at radius 1 is 1.33 bits per heavy atom. The zero-order valence-corrected chi connectivity index (χ0v) is 14.1. The zero-order valence-electron chi connectivity index (χ0n) is 10.1. The first-order valence-corrected chi connectivity index (χ1v) is 9.49. The third kappa shape index (κ3) is 2.67. The molecular formula is C12H15BrN2S3. The molecule has 1 aromatic rings. The molecule has 0 bridgehead atoms. The largest absolute Gasteiger partial charge is 0.345 e.